The van der Waals surface area contributed by atoms with Crippen molar-refractivity contribution < 1.29 is 24.4 Å². The number of rotatable bonds is 5. The van der Waals surface area contributed by atoms with E-state index in [0.29, 0.717) is 28.2 Å². The van der Waals surface area contributed by atoms with Crippen molar-refractivity contribution in [2.45, 2.75) is 37.2 Å². The fourth-order valence-corrected chi connectivity index (χ4v) is 4.61. The highest BCUT2D eigenvalue weighted by atomic mass is 35.5. The highest BCUT2D eigenvalue weighted by molar-refractivity contribution is 6.42. The van der Waals surface area contributed by atoms with E-state index in [0.717, 1.165) is 22.0 Å². The summed E-state index contributed by atoms with van der Waals surface area (Å²) in [7, 11) is 1.61. The predicted molar refractivity (Wildman–Crippen MR) is 125 cm³/mol. The van der Waals surface area contributed by atoms with Crippen molar-refractivity contribution in [2.75, 3.05) is 13.7 Å². The van der Waals surface area contributed by atoms with Crippen molar-refractivity contribution in [1.29, 1.82) is 0 Å². The van der Waals surface area contributed by atoms with E-state index in [9.17, 15) is 10.2 Å². The van der Waals surface area contributed by atoms with Crippen LogP contribution in [0.3, 0.4) is 0 Å². The fourth-order valence-electron chi connectivity index (χ4n) is 4.29. The third kappa shape index (κ3) is 3.97. The quantitative estimate of drug-likeness (QED) is 0.505. The number of aromatic nitrogens is 1. The highest BCUT2D eigenvalue weighted by Crippen LogP contribution is 2.34. The molecule has 4 N–H and O–H groups in total. The molecule has 5 atom stereocenters. The highest BCUT2D eigenvalue weighted by Gasteiger charge is 2.49. The Morgan fingerprint density at radius 2 is 1.94 bits per heavy atom. The minimum Gasteiger partial charge on any atom is -0.497 e. The Bertz CT molecular complexity index is 1230. The number of nitrogens with zero attached hydrogens (tertiary/aromatic N) is 2. The van der Waals surface area contributed by atoms with Gasteiger partial charge in [-0.1, -0.05) is 29.3 Å². The maximum Gasteiger partial charge on any atom is 0.227 e. The van der Waals surface area contributed by atoms with Gasteiger partial charge in [-0.25, -0.2) is 4.99 Å². The van der Waals surface area contributed by atoms with Gasteiger partial charge in [-0.05, 0) is 29.8 Å². The Hall–Kier alpha value is -2.33. The van der Waals surface area contributed by atoms with Crippen molar-refractivity contribution in [3.63, 3.8) is 0 Å². The minimum atomic E-state index is -1.14. The van der Waals surface area contributed by atoms with Crippen LogP contribution in [-0.2, 0) is 16.0 Å². The Morgan fingerprint density at radius 1 is 1.12 bits per heavy atom. The van der Waals surface area contributed by atoms with E-state index in [4.69, 9.17) is 43.1 Å². The molecule has 5 rings (SSSR count). The molecule has 1 fully saturated rings. The topological polar surface area (TPSA) is 111 Å². The zero-order valence-corrected chi connectivity index (χ0v) is 19.2. The van der Waals surface area contributed by atoms with Crippen molar-refractivity contribution in [2.24, 2.45) is 10.7 Å². The molecule has 10 heteroatoms. The number of fused-ring (bicyclic) bond motifs is 2. The number of hydrogen-bond donors (Lipinski definition) is 3. The molecular weight excluding hydrogens is 469 g/mol. The Kier molecular flexibility index (Phi) is 5.98. The first kappa shape index (κ1) is 22.5. The van der Waals surface area contributed by atoms with Crippen LogP contribution in [-0.4, -0.2) is 65.0 Å². The largest absolute Gasteiger partial charge is 0.497 e. The van der Waals surface area contributed by atoms with E-state index in [1.165, 1.54) is 0 Å². The van der Waals surface area contributed by atoms with Crippen LogP contribution in [0.2, 0.25) is 10.0 Å². The van der Waals surface area contributed by atoms with Gasteiger partial charge in [0.25, 0.3) is 0 Å². The summed E-state index contributed by atoms with van der Waals surface area (Å²) in [6.45, 7) is 0.580. The second-order valence-electron chi connectivity index (χ2n) is 8.10. The first-order valence-corrected chi connectivity index (χ1v) is 11.2. The van der Waals surface area contributed by atoms with Crippen LogP contribution in [0.15, 0.2) is 47.6 Å². The minimum absolute atomic E-state index is 0.0584. The van der Waals surface area contributed by atoms with Crippen LogP contribution < -0.4 is 10.5 Å². The summed E-state index contributed by atoms with van der Waals surface area (Å²) in [6.07, 6.45) is -1.90. The average molecular weight is 492 g/mol. The van der Waals surface area contributed by atoms with Gasteiger partial charge in [0.15, 0.2) is 0 Å². The molecule has 3 aromatic rings. The number of benzene rings is 2. The molecule has 2 aromatic carbocycles. The van der Waals surface area contributed by atoms with E-state index in [-0.39, 0.29) is 6.54 Å². The van der Waals surface area contributed by atoms with Crippen LogP contribution in [0.5, 0.6) is 5.75 Å². The second kappa shape index (κ2) is 8.79. The lowest BCUT2D eigenvalue weighted by Gasteiger charge is -2.37. The lowest BCUT2D eigenvalue weighted by molar-refractivity contribution is -0.223. The van der Waals surface area contributed by atoms with E-state index in [1.54, 1.807) is 13.2 Å². The van der Waals surface area contributed by atoms with Gasteiger partial charge < -0.3 is 34.7 Å². The van der Waals surface area contributed by atoms with E-state index < -0.39 is 30.6 Å². The number of nitrogens with two attached hydrogens (primary N) is 1. The molecule has 33 heavy (non-hydrogen) atoms. The van der Waals surface area contributed by atoms with Crippen molar-refractivity contribution in [3.8, 4) is 5.75 Å². The van der Waals surface area contributed by atoms with Crippen molar-refractivity contribution in [1.82, 2.24) is 4.57 Å². The number of methoxy groups -OCH3 is 1. The number of ether oxygens (including phenoxy) is 3. The van der Waals surface area contributed by atoms with Gasteiger partial charge in [-0.15, -0.1) is 0 Å². The first-order chi connectivity index (χ1) is 15.9. The summed E-state index contributed by atoms with van der Waals surface area (Å²) in [4.78, 5) is 4.55. The third-order valence-electron chi connectivity index (χ3n) is 6.05. The molecule has 1 aromatic heterocycles. The van der Waals surface area contributed by atoms with Gasteiger partial charge in [0.1, 0.15) is 30.1 Å². The molecule has 0 radical (unpaired) electrons. The zero-order valence-electron chi connectivity index (χ0n) is 17.7. The van der Waals surface area contributed by atoms with Gasteiger partial charge in [0, 0.05) is 30.7 Å². The van der Waals surface area contributed by atoms with E-state index in [1.807, 2.05) is 41.1 Å². The molecule has 1 saturated heterocycles. The van der Waals surface area contributed by atoms with Crippen LogP contribution in [0.25, 0.3) is 10.9 Å². The summed E-state index contributed by atoms with van der Waals surface area (Å²) in [5.74, 6) is 1.04. The SMILES string of the molecule is COc1ccc2c(C3=N[C@H]4[C@@H](O3)O[C@H](CN)[C@@H](O)[C@@H]4O)cn(Cc3ccc(Cl)c(Cl)c3)c2c1. The molecule has 2 aliphatic heterocycles. The second-order valence-corrected chi connectivity index (χ2v) is 8.92. The number of aliphatic hydroxyl groups excluding tert-OH is 2. The summed E-state index contributed by atoms with van der Waals surface area (Å²) in [6, 6.07) is 10.5. The molecule has 174 valence electrons. The molecule has 0 aliphatic carbocycles. The predicted octanol–water partition coefficient (Wildman–Crippen LogP) is 2.56. The number of halogens is 2. The van der Waals surface area contributed by atoms with E-state index in [2.05, 4.69) is 4.99 Å². The average Bonchev–Trinajstić information content (AvgIpc) is 3.40. The Balaban J connectivity index is 1.54. The van der Waals surface area contributed by atoms with Crippen LogP contribution in [0.1, 0.15) is 11.1 Å². The maximum absolute atomic E-state index is 10.5. The molecule has 3 heterocycles. The van der Waals surface area contributed by atoms with E-state index >= 15 is 0 Å². The van der Waals surface area contributed by atoms with Crippen LogP contribution in [0, 0.1) is 0 Å². The number of aliphatic imine (C=N–C) groups is 1. The summed E-state index contributed by atoms with van der Waals surface area (Å²) >= 11 is 12.3. The number of aliphatic hydroxyl groups is 2. The summed E-state index contributed by atoms with van der Waals surface area (Å²) in [5, 5.41) is 22.7. The van der Waals surface area contributed by atoms with Gasteiger partial charge in [-0.3, -0.25) is 0 Å². The Morgan fingerprint density at radius 3 is 2.67 bits per heavy atom. The lowest BCUT2D eigenvalue weighted by Crippen LogP contribution is -2.57. The number of hydrogen-bond acceptors (Lipinski definition) is 7. The lowest BCUT2D eigenvalue weighted by atomic mass is 9.97. The molecule has 0 spiro atoms. The van der Waals surface area contributed by atoms with Crippen molar-refractivity contribution >= 4 is 40.0 Å². The van der Waals surface area contributed by atoms with Crippen molar-refractivity contribution in [3.05, 3.63) is 63.8 Å². The third-order valence-corrected chi connectivity index (χ3v) is 6.79. The summed E-state index contributed by atoms with van der Waals surface area (Å²) in [5.41, 5.74) is 8.26. The first-order valence-electron chi connectivity index (χ1n) is 10.5. The molecule has 8 nitrogen and oxygen atoms in total. The molecule has 0 unspecified atom stereocenters. The Labute approximate surface area is 200 Å². The standard InChI is InChI=1S/C23H23Cl2N3O5/c1-31-12-3-4-13-14(22-27-19-21(30)20(29)18(8-26)32-23(19)33-22)10-28(17(13)7-12)9-11-2-5-15(24)16(25)6-11/h2-7,10,18-21,23,29-30H,8-9,26H2,1H3/t18-,19-,20-,21-,23-/m1/s1. The molecule has 0 bridgehead atoms. The van der Waals surface area contributed by atoms with Crippen LogP contribution in [0.4, 0.5) is 0 Å². The van der Waals surface area contributed by atoms with Gasteiger partial charge in [0.2, 0.25) is 12.2 Å². The fraction of sp³-hybridized carbons (Fsp3) is 0.348. The molecular formula is C23H23Cl2N3O5. The maximum atomic E-state index is 10.5. The smallest absolute Gasteiger partial charge is 0.227 e. The monoisotopic (exact) mass is 491 g/mol. The molecule has 2 aliphatic rings. The van der Waals surface area contributed by atoms with Crippen LogP contribution >= 0.6 is 23.2 Å². The normalized spacial score (nSPS) is 26.7. The zero-order chi connectivity index (χ0) is 23.3. The molecule has 0 amide bonds. The van der Waals surface area contributed by atoms with Gasteiger partial charge in [-0.2, -0.15) is 0 Å². The van der Waals surface area contributed by atoms with Gasteiger partial charge >= 0.3 is 0 Å². The van der Waals surface area contributed by atoms with Gasteiger partial charge in [0.05, 0.1) is 28.2 Å². The summed E-state index contributed by atoms with van der Waals surface area (Å²) < 4.78 is 19.2. The molecule has 0 saturated carbocycles.